The fourth-order valence-electron chi connectivity index (χ4n) is 3.28. The first-order valence-corrected chi connectivity index (χ1v) is 8.72. The monoisotopic (exact) mass is 362 g/mol. The van der Waals surface area contributed by atoms with E-state index in [1.165, 1.54) is 18.2 Å². The minimum Gasteiger partial charge on any atom is -0.478 e. The zero-order chi connectivity index (χ0) is 19.0. The maximum absolute atomic E-state index is 13.0. The van der Waals surface area contributed by atoms with Crippen LogP contribution < -0.4 is 11.0 Å². The lowest BCUT2D eigenvalue weighted by Gasteiger charge is -2.25. The molecule has 0 radical (unpaired) electrons. The van der Waals surface area contributed by atoms with Crippen molar-refractivity contribution >= 4 is 28.3 Å². The van der Waals surface area contributed by atoms with Gasteiger partial charge in [-0.2, -0.15) is 5.10 Å². The fourth-order valence-corrected chi connectivity index (χ4v) is 3.28. The molecule has 27 heavy (non-hydrogen) atoms. The van der Waals surface area contributed by atoms with E-state index in [2.05, 4.69) is 15.5 Å². The van der Waals surface area contributed by atoms with Gasteiger partial charge in [-0.3, -0.25) is 14.8 Å². The third kappa shape index (κ3) is 3.08. The molecular weight excluding hydrogens is 344 g/mol. The van der Waals surface area contributed by atoms with Gasteiger partial charge in [0.05, 0.1) is 22.2 Å². The SMILES string of the molecule is CC1CC/C(=N\Nc2ccccc2)c2nc3cc(C(=O)O)ccc3c(=O)n21. The molecule has 1 aliphatic heterocycles. The lowest BCUT2D eigenvalue weighted by molar-refractivity contribution is 0.0697. The zero-order valence-corrected chi connectivity index (χ0v) is 14.7. The van der Waals surface area contributed by atoms with Gasteiger partial charge >= 0.3 is 5.97 Å². The summed E-state index contributed by atoms with van der Waals surface area (Å²) in [6, 6.07) is 13.9. The molecular formula is C20H18N4O3. The van der Waals surface area contributed by atoms with Crippen molar-refractivity contribution in [2.24, 2.45) is 5.10 Å². The number of rotatable bonds is 3. The van der Waals surface area contributed by atoms with Gasteiger partial charge in [0.1, 0.15) is 5.71 Å². The molecule has 1 aromatic heterocycles. The molecule has 7 heteroatoms. The Balaban J connectivity index is 1.86. The van der Waals surface area contributed by atoms with Crippen LogP contribution in [0.3, 0.4) is 0 Å². The van der Waals surface area contributed by atoms with Crippen LogP contribution in [-0.2, 0) is 0 Å². The molecule has 0 spiro atoms. The molecule has 0 aliphatic carbocycles. The normalized spacial score (nSPS) is 17.7. The second-order valence-corrected chi connectivity index (χ2v) is 6.57. The number of hydrogen-bond donors (Lipinski definition) is 2. The van der Waals surface area contributed by atoms with Crippen molar-refractivity contribution in [1.29, 1.82) is 0 Å². The van der Waals surface area contributed by atoms with Gasteiger partial charge in [0, 0.05) is 6.04 Å². The Morgan fingerprint density at radius 2 is 2.04 bits per heavy atom. The van der Waals surface area contributed by atoms with Crippen LogP contribution in [-0.4, -0.2) is 26.3 Å². The Morgan fingerprint density at radius 1 is 1.26 bits per heavy atom. The number of nitrogens with one attached hydrogen (secondary N) is 1. The highest BCUT2D eigenvalue weighted by Crippen LogP contribution is 2.24. The van der Waals surface area contributed by atoms with E-state index in [0.717, 1.165) is 12.1 Å². The smallest absolute Gasteiger partial charge is 0.335 e. The molecule has 2 heterocycles. The standard InChI is InChI=1S/C20H18N4O3/c1-12-7-10-16(23-22-14-5-3-2-4-6-14)18-21-17-11-13(20(26)27)8-9-15(17)19(25)24(12)18/h2-6,8-9,11-12,22H,7,10H2,1H3,(H,26,27)/b23-16+. The zero-order valence-electron chi connectivity index (χ0n) is 14.7. The van der Waals surface area contributed by atoms with Crippen molar-refractivity contribution < 1.29 is 9.90 Å². The van der Waals surface area contributed by atoms with E-state index in [0.29, 0.717) is 28.9 Å². The number of hydrogen-bond acceptors (Lipinski definition) is 5. The Labute approximate surface area is 155 Å². The summed E-state index contributed by atoms with van der Waals surface area (Å²) in [4.78, 5) is 28.8. The first-order chi connectivity index (χ1) is 13.0. The average Bonchev–Trinajstić information content (AvgIpc) is 2.68. The van der Waals surface area contributed by atoms with E-state index in [9.17, 15) is 14.7 Å². The quantitative estimate of drug-likeness (QED) is 0.697. The fraction of sp³-hybridized carbons (Fsp3) is 0.200. The molecule has 7 nitrogen and oxygen atoms in total. The predicted molar refractivity (Wildman–Crippen MR) is 104 cm³/mol. The van der Waals surface area contributed by atoms with Crippen molar-refractivity contribution in [3.8, 4) is 0 Å². The van der Waals surface area contributed by atoms with Gasteiger partial charge < -0.3 is 5.11 Å². The molecule has 3 aromatic rings. The van der Waals surface area contributed by atoms with Crippen molar-refractivity contribution in [2.45, 2.75) is 25.8 Å². The Kier molecular flexibility index (Phi) is 4.19. The van der Waals surface area contributed by atoms with Gasteiger partial charge in [-0.1, -0.05) is 18.2 Å². The number of anilines is 1. The minimum atomic E-state index is -1.05. The number of carboxylic acid groups (broad SMARTS) is 1. The van der Waals surface area contributed by atoms with E-state index in [1.807, 2.05) is 37.3 Å². The molecule has 0 saturated heterocycles. The van der Waals surface area contributed by atoms with E-state index < -0.39 is 5.97 Å². The highest BCUT2D eigenvalue weighted by atomic mass is 16.4. The summed E-state index contributed by atoms with van der Waals surface area (Å²) in [6.45, 7) is 1.98. The van der Waals surface area contributed by atoms with Crippen LogP contribution in [0.4, 0.5) is 5.69 Å². The molecule has 2 N–H and O–H groups in total. The van der Waals surface area contributed by atoms with Gasteiger partial charge in [0.2, 0.25) is 0 Å². The molecule has 1 unspecified atom stereocenters. The van der Waals surface area contributed by atoms with Crippen molar-refractivity contribution in [3.05, 3.63) is 70.3 Å². The molecule has 0 saturated carbocycles. The molecule has 1 atom stereocenters. The summed E-state index contributed by atoms with van der Waals surface area (Å²) in [7, 11) is 0. The van der Waals surface area contributed by atoms with Crippen LogP contribution in [0.1, 0.15) is 42.0 Å². The van der Waals surface area contributed by atoms with Crippen LogP contribution in [0, 0.1) is 0 Å². The van der Waals surface area contributed by atoms with E-state index >= 15 is 0 Å². The maximum atomic E-state index is 13.0. The van der Waals surface area contributed by atoms with Gasteiger partial charge in [-0.05, 0) is 50.1 Å². The maximum Gasteiger partial charge on any atom is 0.335 e. The number of para-hydroxylation sites is 1. The van der Waals surface area contributed by atoms with Crippen LogP contribution >= 0.6 is 0 Å². The molecule has 4 rings (SSSR count). The summed E-state index contributed by atoms with van der Waals surface area (Å²) in [6.07, 6.45) is 1.46. The van der Waals surface area contributed by atoms with E-state index in [-0.39, 0.29) is 17.2 Å². The Bertz CT molecular complexity index is 1120. The van der Waals surface area contributed by atoms with Crippen molar-refractivity contribution in [1.82, 2.24) is 9.55 Å². The molecule has 2 aromatic carbocycles. The molecule has 136 valence electrons. The van der Waals surface area contributed by atoms with Gasteiger partial charge in [-0.15, -0.1) is 0 Å². The second-order valence-electron chi connectivity index (χ2n) is 6.57. The summed E-state index contributed by atoms with van der Waals surface area (Å²) in [5, 5.41) is 14.1. The summed E-state index contributed by atoms with van der Waals surface area (Å²) < 4.78 is 1.65. The molecule has 0 fully saturated rings. The van der Waals surface area contributed by atoms with Crippen LogP contribution in [0.15, 0.2) is 58.4 Å². The average molecular weight is 362 g/mol. The first kappa shape index (κ1) is 17.0. The summed E-state index contributed by atoms with van der Waals surface area (Å²) in [5.41, 5.74) is 4.82. The predicted octanol–water partition coefficient (Wildman–Crippen LogP) is 3.27. The number of fused-ring (bicyclic) bond motifs is 2. The van der Waals surface area contributed by atoms with E-state index in [1.54, 1.807) is 4.57 Å². The topological polar surface area (TPSA) is 96.6 Å². The number of hydrazone groups is 1. The number of nitrogens with zero attached hydrogens (tertiary/aromatic N) is 3. The van der Waals surface area contributed by atoms with Gasteiger partial charge in [-0.25, -0.2) is 9.78 Å². The number of benzene rings is 2. The van der Waals surface area contributed by atoms with Crippen LogP contribution in [0.5, 0.6) is 0 Å². The Hall–Kier alpha value is -3.48. The van der Waals surface area contributed by atoms with Gasteiger partial charge in [0.25, 0.3) is 5.56 Å². The Morgan fingerprint density at radius 3 is 2.78 bits per heavy atom. The van der Waals surface area contributed by atoms with Crippen LogP contribution in [0.25, 0.3) is 10.9 Å². The third-order valence-electron chi connectivity index (χ3n) is 4.74. The molecule has 1 aliphatic rings. The van der Waals surface area contributed by atoms with E-state index in [4.69, 9.17) is 0 Å². The summed E-state index contributed by atoms with van der Waals surface area (Å²) in [5.74, 6) is -0.568. The van der Waals surface area contributed by atoms with Crippen LogP contribution in [0.2, 0.25) is 0 Å². The molecule has 0 bridgehead atoms. The van der Waals surface area contributed by atoms with Crippen molar-refractivity contribution in [2.75, 3.05) is 5.43 Å². The minimum absolute atomic E-state index is 0.000717. The number of carbonyl (C=O) groups is 1. The lowest BCUT2D eigenvalue weighted by Crippen LogP contribution is -2.34. The molecule has 0 amide bonds. The lowest BCUT2D eigenvalue weighted by atomic mass is 10.0. The third-order valence-corrected chi connectivity index (χ3v) is 4.74. The largest absolute Gasteiger partial charge is 0.478 e. The van der Waals surface area contributed by atoms with Gasteiger partial charge in [0.15, 0.2) is 5.82 Å². The van der Waals surface area contributed by atoms with Crippen molar-refractivity contribution in [3.63, 3.8) is 0 Å². The number of carboxylic acids is 1. The second kappa shape index (κ2) is 6.68. The highest BCUT2D eigenvalue weighted by molar-refractivity contribution is 6.00. The highest BCUT2D eigenvalue weighted by Gasteiger charge is 2.25. The summed E-state index contributed by atoms with van der Waals surface area (Å²) >= 11 is 0. The first-order valence-electron chi connectivity index (χ1n) is 8.72. The number of aromatic carboxylic acids is 1. The number of aromatic nitrogens is 2.